The number of rotatable bonds is 5. The zero-order valence-corrected chi connectivity index (χ0v) is 13.5. The van der Waals surface area contributed by atoms with E-state index in [1.165, 1.54) is 18.6 Å². The molecule has 1 aromatic carbocycles. The lowest BCUT2D eigenvalue weighted by Crippen LogP contribution is -2.51. The van der Waals surface area contributed by atoms with Crippen LogP contribution in [-0.4, -0.2) is 48.6 Å². The Hall–Kier alpha value is -1.62. The van der Waals surface area contributed by atoms with Gasteiger partial charge in [-0.3, -0.25) is 4.90 Å². The van der Waals surface area contributed by atoms with Crippen LogP contribution in [0.15, 0.2) is 24.3 Å². The Morgan fingerprint density at radius 3 is 2.41 bits per heavy atom. The highest BCUT2D eigenvalue weighted by Crippen LogP contribution is 2.07. The number of piperazine rings is 1. The summed E-state index contributed by atoms with van der Waals surface area (Å²) in [5, 5.41) is 2.90. The van der Waals surface area contributed by atoms with Crippen LogP contribution in [0.3, 0.4) is 0 Å². The van der Waals surface area contributed by atoms with Crippen molar-refractivity contribution in [3.63, 3.8) is 0 Å². The second-order valence-corrected chi connectivity index (χ2v) is 6.30. The van der Waals surface area contributed by atoms with E-state index >= 15 is 0 Å². The second-order valence-electron chi connectivity index (χ2n) is 6.30. The average molecular weight is 307 g/mol. The molecule has 1 fully saturated rings. The van der Waals surface area contributed by atoms with Gasteiger partial charge in [-0.05, 0) is 36.6 Å². The SMILES string of the molecule is CC(C)CCN1CCN(C(=O)NCc2ccc(F)cc2)CC1. The topological polar surface area (TPSA) is 35.6 Å². The lowest BCUT2D eigenvalue weighted by atomic mass is 10.1. The van der Waals surface area contributed by atoms with Crippen LogP contribution in [-0.2, 0) is 6.54 Å². The van der Waals surface area contributed by atoms with Crippen molar-refractivity contribution in [1.29, 1.82) is 0 Å². The molecule has 1 heterocycles. The van der Waals surface area contributed by atoms with E-state index in [-0.39, 0.29) is 11.8 Å². The summed E-state index contributed by atoms with van der Waals surface area (Å²) in [6, 6.07) is 6.18. The fourth-order valence-electron chi connectivity index (χ4n) is 2.51. The van der Waals surface area contributed by atoms with Crippen molar-refractivity contribution in [3.8, 4) is 0 Å². The van der Waals surface area contributed by atoms with Crippen LogP contribution >= 0.6 is 0 Å². The molecule has 2 rings (SSSR count). The molecule has 5 heteroatoms. The molecule has 0 aliphatic carbocycles. The Kier molecular flexibility index (Phi) is 6.19. The number of nitrogens with zero attached hydrogens (tertiary/aromatic N) is 2. The van der Waals surface area contributed by atoms with Crippen molar-refractivity contribution in [2.24, 2.45) is 5.92 Å². The van der Waals surface area contributed by atoms with E-state index in [1.54, 1.807) is 12.1 Å². The zero-order valence-electron chi connectivity index (χ0n) is 13.5. The first kappa shape index (κ1) is 16.7. The minimum absolute atomic E-state index is 0.0344. The summed E-state index contributed by atoms with van der Waals surface area (Å²) in [6.45, 7) is 9.45. The molecule has 22 heavy (non-hydrogen) atoms. The summed E-state index contributed by atoms with van der Waals surface area (Å²) >= 11 is 0. The van der Waals surface area contributed by atoms with Gasteiger partial charge in [-0.2, -0.15) is 0 Å². The molecule has 0 atom stereocenters. The zero-order chi connectivity index (χ0) is 15.9. The van der Waals surface area contributed by atoms with E-state index in [0.29, 0.717) is 6.54 Å². The number of amides is 2. The van der Waals surface area contributed by atoms with Crippen molar-refractivity contribution >= 4 is 6.03 Å². The number of hydrogen-bond acceptors (Lipinski definition) is 2. The standard InChI is InChI=1S/C17H26FN3O/c1-14(2)7-8-20-9-11-21(12-10-20)17(22)19-13-15-3-5-16(18)6-4-15/h3-6,14H,7-13H2,1-2H3,(H,19,22). The molecule has 122 valence electrons. The summed E-state index contributed by atoms with van der Waals surface area (Å²) < 4.78 is 12.8. The third kappa shape index (κ3) is 5.30. The van der Waals surface area contributed by atoms with Crippen LogP contribution in [0.5, 0.6) is 0 Å². The molecule has 0 saturated carbocycles. The molecule has 1 aliphatic rings. The predicted octanol–water partition coefficient (Wildman–Crippen LogP) is 2.70. The van der Waals surface area contributed by atoms with E-state index in [4.69, 9.17) is 0 Å². The Labute approximate surface area is 132 Å². The molecule has 2 amide bonds. The minimum atomic E-state index is -0.257. The van der Waals surface area contributed by atoms with Crippen LogP contribution in [0.4, 0.5) is 9.18 Å². The number of halogens is 1. The number of nitrogens with one attached hydrogen (secondary N) is 1. The van der Waals surface area contributed by atoms with Gasteiger partial charge >= 0.3 is 6.03 Å². The van der Waals surface area contributed by atoms with Crippen molar-refractivity contribution in [1.82, 2.24) is 15.1 Å². The van der Waals surface area contributed by atoms with E-state index in [0.717, 1.165) is 44.2 Å². The maximum Gasteiger partial charge on any atom is 0.317 e. The fourth-order valence-corrected chi connectivity index (χ4v) is 2.51. The first-order valence-electron chi connectivity index (χ1n) is 8.04. The quantitative estimate of drug-likeness (QED) is 0.908. The molecule has 1 aliphatic heterocycles. The summed E-state index contributed by atoms with van der Waals surface area (Å²) in [6.07, 6.45) is 1.21. The highest BCUT2D eigenvalue weighted by atomic mass is 19.1. The molecule has 0 unspecified atom stereocenters. The van der Waals surface area contributed by atoms with Gasteiger partial charge < -0.3 is 10.2 Å². The Balaban J connectivity index is 1.69. The van der Waals surface area contributed by atoms with Crippen LogP contribution < -0.4 is 5.32 Å². The van der Waals surface area contributed by atoms with Crippen molar-refractivity contribution in [2.45, 2.75) is 26.8 Å². The Morgan fingerprint density at radius 2 is 1.82 bits per heavy atom. The lowest BCUT2D eigenvalue weighted by Gasteiger charge is -2.35. The van der Waals surface area contributed by atoms with Gasteiger partial charge in [0.25, 0.3) is 0 Å². The van der Waals surface area contributed by atoms with Gasteiger partial charge in [-0.1, -0.05) is 26.0 Å². The van der Waals surface area contributed by atoms with Crippen molar-refractivity contribution in [2.75, 3.05) is 32.7 Å². The van der Waals surface area contributed by atoms with Crippen molar-refractivity contribution in [3.05, 3.63) is 35.6 Å². The van der Waals surface area contributed by atoms with Crippen LogP contribution in [0.25, 0.3) is 0 Å². The monoisotopic (exact) mass is 307 g/mol. The Morgan fingerprint density at radius 1 is 1.18 bits per heavy atom. The third-order valence-electron chi connectivity index (χ3n) is 4.04. The van der Waals surface area contributed by atoms with E-state index in [1.807, 2.05) is 4.90 Å². The van der Waals surface area contributed by atoms with Gasteiger partial charge in [0.1, 0.15) is 5.82 Å². The maximum atomic E-state index is 12.8. The minimum Gasteiger partial charge on any atom is -0.334 e. The molecular weight excluding hydrogens is 281 g/mol. The van der Waals surface area contributed by atoms with E-state index in [9.17, 15) is 9.18 Å². The first-order chi connectivity index (χ1) is 10.5. The fraction of sp³-hybridized carbons (Fsp3) is 0.588. The van der Waals surface area contributed by atoms with Crippen molar-refractivity contribution < 1.29 is 9.18 Å². The van der Waals surface area contributed by atoms with E-state index in [2.05, 4.69) is 24.1 Å². The number of urea groups is 1. The lowest BCUT2D eigenvalue weighted by molar-refractivity contribution is 0.135. The molecule has 0 spiro atoms. The van der Waals surface area contributed by atoms with Gasteiger partial charge in [-0.25, -0.2) is 9.18 Å². The highest BCUT2D eigenvalue weighted by Gasteiger charge is 2.20. The van der Waals surface area contributed by atoms with Crippen LogP contribution in [0.2, 0.25) is 0 Å². The highest BCUT2D eigenvalue weighted by molar-refractivity contribution is 5.74. The number of carbonyl (C=O) groups excluding carboxylic acids is 1. The number of carbonyl (C=O) groups is 1. The van der Waals surface area contributed by atoms with Gasteiger partial charge in [0.2, 0.25) is 0 Å². The number of hydrogen-bond donors (Lipinski definition) is 1. The van der Waals surface area contributed by atoms with Crippen LogP contribution in [0.1, 0.15) is 25.8 Å². The molecule has 0 radical (unpaired) electrons. The molecule has 1 aromatic rings. The van der Waals surface area contributed by atoms with Gasteiger partial charge in [0, 0.05) is 32.7 Å². The maximum absolute atomic E-state index is 12.8. The smallest absolute Gasteiger partial charge is 0.317 e. The summed E-state index contributed by atoms with van der Waals surface area (Å²) in [5.74, 6) is 0.463. The largest absolute Gasteiger partial charge is 0.334 e. The van der Waals surface area contributed by atoms with Gasteiger partial charge in [0.05, 0.1) is 0 Å². The molecule has 0 aromatic heterocycles. The van der Waals surface area contributed by atoms with Gasteiger partial charge in [-0.15, -0.1) is 0 Å². The molecule has 1 saturated heterocycles. The average Bonchev–Trinajstić information content (AvgIpc) is 2.52. The summed E-state index contributed by atoms with van der Waals surface area (Å²) in [5.41, 5.74) is 0.908. The van der Waals surface area contributed by atoms with E-state index < -0.39 is 0 Å². The van der Waals surface area contributed by atoms with Crippen LogP contribution in [0, 0.1) is 11.7 Å². The summed E-state index contributed by atoms with van der Waals surface area (Å²) in [4.78, 5) is 16.4. The molecule has 0 bridgehead atoms. The summed E-state index contributed by atoms with van der Waals surface area (Å²) in [7, 11) is 0. The molecule has 4 nitrogen and oxygen atoms in total. The van der Waals surface area contributed by atoms with Gasteiger partial charge in [0.15, 0.2) is 0 Å². The third-order valence-corrected chi connectivity index (χ3v) is 4.04. The molecule has 1 N–H and O–H groups in total. The Bertz CT molecular complexity index is 467. The molecular formula is C17H26FN3O. The number of benzene rings is 1. The predicted molar refractivity (Wildman–Crippen MR) is 86.1 cm³/mol. The first-order valence-corrected chi connectivity index (χ1v) is 8.04. The second kappa shape index (κ2) is 8.13. The normalized spacial score (nSPS) is 16.1.